The zero-order chi connectivity index (χ0) is 67.3. The summed E-state index contributed by atoms with van der Waals surface area (Å²) in [6.45, 7) is 0. The molecule has 0 aliphatic rings. The van der Waals surface area contributed by atoms with Gasteiger partial charge < -0.3 is 10.0 Å². The first-order chi connectivity index (χ1) is 49.3. The van der Waals surface area contributed by atoms with Crippen molar-refractivity contribution in [3.63, 3.8) is 0 Å². The summed E-state index contributed by atoms with van der Waals surface area (Å²) < 4.78 is 1.04. The van der Waals surface area contributed by atoms with E-state index in [9.17, 15) is 10.0 Å². The van der Waals surface area contributed by atoms with Gasteiger partial charge in [0, 0.05) is 62.6 Å². The van der Waals surface area contributed by atoms with E-state index in [1.165, 1.54) is 59.6 Å². The Morgan fingerprint density at radius 1 is 0.220 bits per heavy atom. The minimum Gasteiger partial charge on any atom is -0.423 e. The second-order valence-electron chi connectivity index (χ2n) is 24.5. The van der Waals surface area contributed by atoms with Crippen molar-refractivity contribution in [3.05, 3.63) is 357 Å². The van der Waals surface area contributed by atoms with Crippen molar-refractivity contribution in [2.45, 2.75) is 0 Å². The zero-order valence-corrected chi connectivity index (χ0v) is 55.6. The van der Waals surface area contributed by atoms with E-state index in [0.29, 0.717) is 17.1 Å². The second kappa shape index (κ2) is 28.0. The molecule has 18 rings (SSSR count). The normalized spacial score (nSPS) is 11.2. The maximum Gasteiger partial charge on any atom is 0.488 e. The van der Waals surface area contributed by atoms with Crippen LogP contribution in [0.5, 0.6) is 0 Å². The lowest BCUT2D eigenvalue weighted by atomic mass is 9.78. The quantitative estimate of drug-likeness (QED) is 0.103. The number of hydrogen-bond acceptors (Lipinski definition) is 8. The van der Waals surface area contributed by atoms with Gasteiger partial charge in [0.2, 0.25) is 0 Å². The Balaban J connectivity index is 0.000000128. The van der Waals surface area contributed by atoms with Crippen LogP contribution in [-0.4, -0.2) is 47.1 Å². The van der Waals surface area contributed by atoms with Crippen molar-refractivity contribution in [2.24, 2.45) is 0 Å². The number of halogens is 1. The van der Waals surface area contributed by atoms with Gasteiger partial charge in [-0.2, -0.15) is 0 Å². The second-order valence-corrected chi connectivity index (χ2v) is 25.4. The third kappa shape index (κ3) is 12.9. The zero-order valence-electron chi connectivity index (χ0n) is 54.0. The highest BCUT2D eigenvalue weighted by molar-refractivity contribution is 9.10. The van der Waals surface area contributed by atoms with Crippen molar-refractivity contribution < 1.29 is 10.0 Å². The Morgan fingerprint density at radius 3 is 0.850 bits per heavy atom. The first-order valence-electron chi connectivity index (χ1n) is 33.1. The molecule has 0 spiro atoms. The van der Waals surface area contributed by atoms with E-state index in [-0.39, 0.29) is 0 Å². The molecule has 100 heavy (non-hydrogen) atoms. The number of fused-ring (bicyclic) bond motifs is 12. The average molecular weight is 1350 g/mol. The Hall–Kier alpha value is -12.4. The molecule has 8 nitrogen and oxygen atoms in total. The van der Waals surface area contributed by atoms with E-state index in [0.717, 1.165) is 99.0 Å². The highest BCUT2D eigenvalue weighted by Crippen LogP contribution is 2.40. The summed E-state index contributed by atoms with van der Waals surface area (Å²) in [4.78, 5) is 28.3. The van der Waals surface area contributed by atoms with Crippen molar-refractivity contribution in [1.29, 1.82) is 0 Å². The number of aromatic nitrogens is 6. The van der Waals surface area contributed by atoms with Crippen molar-refractivity contribution in [2.75, 3.05) is 0 Å². The van der Waals surface area contributed by atoms with E-state index in [1.54, 1.807) is 18.5 Å². The monoisotopic (exact) mass is 1350 g/mol. The fourth-order valence-corrected chi connectivity index (χ4v) is 13.5. The standard InChI is InChI=1S/C45H29N3.C27H18BrN3.C18H13BO2/c1-2-9-34(10-3-1)45-47-43(28-44(48-45)33-22-18-31(19-23-33)36-11-8-26-46-29-36)32-20-16-30(17-21-32)35-24-25-41-39-14-5-4-12-37(39)38-13-6-7-15-40(38)42(41)27-35;28-24-14-12-21(13-15-24)26-17-25(30-27(31-26)22-5-2-1-3-6-22)20-10-8-19(9-11-20)23-7-4-16-29-18-23;20-19(21)12-9-10-17-15-7-2-1-5-13(15)14-6-3-4-8-16(14)18(17)11-12/h1-29H;1-18H;1-11,20-21H. The Kier molecular flexibility index (Phi) is 17.4. The van der Waals surface area contributed by atoms with Crippen LogP contribution in [0.2, 0.25) is 0 Å². The molecule has 0 atom stereocenters. The molecule has 0 saturated heterocycles. The summed E-state index contributed by atoms with van der Waals surface area (Å²) >= 11 is 3.51. The van der Waals surface area contributed by atoms with E-state index >= 15 is 0 Å². The average Bonchev–Trinajstić information content (AvgIpc) is 0.751. The van der Waals surface area contributed by atoms with Gasteiger partial charge in [-0.25, -0.2) is 19.9 Å². The lowest BCUT2D eigenvalue weighted by molar-refractivity contribution is 0.426. The summed E-state index contributed by atoms with van der Waals surface area (Å²) in [5.74, 6) is 1.42. The van der Waals surface area contributed by atoms with Gasteiger partial charge in [0.1, 0.15) is 0 Å². The summed E-state index contributed by atoms with van der Waals surface area (Å²) in [5.41, 5.74) is 17.0. The van der Waals surface area contributed by atoms with Crippen LogP contribution < -0.4 is 5.46 Å². The lowest BCUT2D eigenvalue weighted by Gasteiger charge is -2.13. The van der Waals surface area contributed by atoms with Gasteiger partial charge in [-0.3, -0.25) is 9.97 Å². The molecule has 0 bridgehead atoms. The highest BCUT2D eigenvalue weighted by Gasteiger charge is 2.17. The SMILES string of the molecule is Brc1ccc(-c2cc(-c3ccc(-c4cccnc4)cc3)nc(-c3ccccc3)n2)cc1.OB(O)c1ccc2c3ccccc3c3ccccc3c2c1.c1ccc(-c2nc(-c3ccc(-c4cccnc4)cc3)cc(-c3ccc(-c4ccc5c6ccccc6c6ccccc6c5c4)cc3)n2)cc1. The fourth-order valence-electron chi connectivity index (χ4n) is 13.3. The molecule has 4 heterocycles. The van der Waals surface area contributed by atoms with Crippen LogP contribution in [0.3, 0.4) is 0 Å². The lowest BCUT2D eigenvalue weighted by Crippen LogP contribution is -2.29. The molecule has 0 radical (unpaired) electrons. The highest BCUT2D eigenvalue weighted by atomic mass is 79.9. The summed E-state index contributed by atoms with van der Waals surface area (Å²) in [7, 11) is -1.44. The van der Waals surface area contributed by atoms with Crippen LogP contribution >= 0.6 is 15.9 Å². The molecule has 4 aromatic heterocycles. The Morgan fingerprint density at radius 2 is 0.500 bits per heavy atom. The molecule has 0 saturated carbocycles. The Labute approximate surface area is 587 Å². The van der Waals surface area contributed by atoms with Gasteiger partial charge in [-0.1, -0.05) is 301 Å². The number of pyridine rings is 2. The molecule has 0 aliphatic heterocycles. The molecule has 2 N–H and O–H groups in total. The minimum atomic E-state index is -1.44. The van der Waals surface area contributed by atoms with Crippen molar-refractivity contribution in [1.82, 2.24) is 29.9 Å². The molecule has 472 valence electrons. The molecule has 10 heteroatoms. The minimum absolute atomic E-state index is 0.517. The molecule has 0 fully saturated rings. The third-order valence-corrected chi connectivity index (χ3v) is 18.9. The third-order valence-electron chi connectivity index (χ3n) is 18.3. The predicted molar refractivity (Wildman–Crippen MR) is 418 cm³/mol. The van der Waals surface area contributed by atoms with Crippen LogP contribution in [0, 0.1) is 0 Å². The van der Waals surface area contributed by atoms with Gasteiger partial charge >= 0.3 is 7.12 Å². The van der Waals surface area contributed by atoms with Gasteiger partial charge in [0.05, 0.1) is 22.8 Å². The smallest absolute Gasteiger partial charge is 0.423 e. The number of nitrogens with zero attached hydrogens (tertiary/aromatic N) is 6. The van der Waals surface area contributed by atoms with Gasteiger partial charge in [0.15, 0.2) is 11.6 Å². The van der Waals surface area contributed by atoms with Crippen LogP contribution in [0.25, 0.3) is 166 Å². The summed E-state index contributed by atoms with van der Waals surface area (Å²) in [6, 6.07) is 113. The molecular formula is C90H60BBrN6O2. The van der Waals surface area contributed by atoms with Crippen molar-refractivity contribution in [3.8, 4) is 101 Å². The van der Waals surface area contributed by atoms with E-state index < -0.39 is 7.12 Å². The van der Waals surface area contributed by atoms with Gasteiger partial charge in [-0.05, 0) is 146 Å². The first kappa shape index (κ1) is 62.4. The number of hydrogen-bond donors (Lipinski definition) is 2. The van der Waals surface area contributed by atoms with Crippen molar-refractivity contribution >= 4 is 93.1 Å². The topological polar surface area (TPSA) is 118 Å². The van der Waals surface area contributed by atoms with Gasteiger partial charge in [0.25, 0.3) is 0 Å². The van der Waals surface area contributed by atoms with Gasteiger partial charge in [-0.15, -0.1) is 0 Å². The maximum absolute atomic E-state index is 9.42. The predicted octanol–water partition coefficient (Wildman–Crippen LogP) is 21.8. The Bertz CT molecular complexity index is 5910. The van der Waals surface area contributed by atoms with Crippen LogP contribution in [-0.2, 0) is 0 Å². The molecule has 18 aromatic rings. The molecule has 0 amide bonds. The summed E-state index contributed by atoms with van der Waals surface area (Å²) in [5, 5.41) is 33.4. The molecule has 0 aliphatic carbocycles. The van der Waals surface area contributed by atoms with E-state index in [1.807, 2.05) is 122 Å². The van der Waals surface area contributed by atoms with E-state index in [2.05, 4.69) is 238 Å². The van der Waals surface area contributed by atoms with Crippen LogP contribution in [0.4, 0.5) is 0 Å². The molecule has 14 aromatic carbocycles. The molecular weight excluding hydrogens is 1290 g/mol. The number of benzene rings is 14. The largest absolute Gasteiger partial charge is 0.488 e. The molecule has 0 unspecified atom stereocenters. The first-order valence-corrected chi connectivity index (χ1v) is 33.9. The summed E-state index contributed by atoms with van der Waals surface area (Å²) in [6.07, 6.45) is 7.34. The number of rotatable bonds is 10. The fraction of sp³-hybridized carbons (Fsp3) is 0. The van der Waals surface area contributed by atoms with Crippen LogP contribution in [0.15, 0.2) is 357 Å². The maximum atomic E-state index is 9.42. The van der Waals surface area contributed by atoms with Crippen LogP contribution in [0.1, 0.15) is 0 Å². The van der Waals surface area contributed by atoms with E-state index in [4.69, 9.17) is 19.9 Å².